The lowest BCUT2D eigenvalue weighted by molar-refractivity contribution is 2.02. The predicted octanol–water partition coefficient (Wildman–Crippen LogP) is 1.76. The van der Waals surface area contributed by atoms with Gasteiger partial charge in [0.15, 0.2) is 0 Å². The van der Waals surface area contributed by atoms with Gasteiger partial charge in [-0.1, -0.05) is 11.8 Å². The summed E-state index contributed by atoms with van der Waals surface area (Å²) in [5.74, 6) is 0. The van der Waals surface area contributed by atoms with Gasteiger partial charge in [-0.15, -0.1) is 0 Å². The van der Waals surface area contributed by atoms with Gasteiger partial charge in [0.1, 0.15) is 5.55 Å². The van der Waals surface area contributed by atoms with Crippen molar-refractivity contribution in [3.05, 3.63) is 10.8 Å². The van der Waals surface area contributed by atoms with Crippen LogP contribution < -0.4 is 0 Å². The van der Waals surface area contributed by atoms with Gasteiger partial charge in [0.25, 0.3) is 0 Å². The first-order chi connectivity index (χ1) is 3.00. The van der Waals surface area contributed by atoms with Crippen LogP contribution in [0.4, 0.5) is 0 Å². The Bertz CT molecular complexity index is 66.8. The molecule has 1 aliphatic rings. The second-order valence-corrected chi connectivity index (χ2v) is 2.03. The molecule has 1 aliphatic heterocycles. The molecule has 0 atom stereocenters. The quantitative estimate of drug-likeness (QED) is 0.447. The highest BCUT2D eigenvalue weighted by Gasteiger charge is 1.79. The minimum absolute atomic E-state index is 1.41. The van der Waals surface area contributed by atoms with E-state index < -0.39 is 0 Å². The predicted molar refractivity (Wildman–Crippen MR) is 31.8 cm³/mol. The largest absolute Gasteiger partial charge is 0.202 e. The first-order valence-corrected chi connectivity index (χ1v) is 3.13. The van der Waals surface area contributed by atoms with Crippen molar-refractivity contribution < 1.29 is 0 Å². The minimum Gasteiger partial charge on any atom is -0.202 e. The van der Waals surface area contributed by atoms with E-state index in [1.165, 1.54) is 23.7 Å². The number of hydrogen-bond acceptors (Lipinski definition) is 3. The Hall–Kier alpha value is 0.110. The Labute approximate surface area is 45.1 Å². The van der Waals surface area contributed by atoms with Crippen molar-refractivity contribution in [3.8, 4) is 0 Å². The molecule has 0 saturated carbocycles. The zero-order valence-corrected chi connectivity index (χ0v) is 4.55. The first kappa shape index (κ1) is 4.27. The van der Waals surface area contributed by atoms with Gasteiger partial charge in [-0.25, -0.2) is 4.40 Å². The van der Waals surface area contributed by atoms with E-state index in [2.05, 4.69) is 9.94 Å². The fourth-order valence-electron chi connectivity index (χ4n) is 0.157. The molecule has 0 unspecified atom stereocenters. The molecule has 3 heteroatoms. The van der Waals surface area contributed by atoms with Gasteiger partial charge in [-0.2, -0.15) is 0 Å². The van der Waals surface area contributed by atoms with Crippen molar-refractivity contribution in [3.63, 3.8) is 0 Å². The highest BCUT2D eigenvalue weighted by molar-refractivity contribution is 8.17. The average Bonchev–Trinajstić information content (AvgIpc) is 1.72. The highest BCUT2D eigenvalue weighted by atomic mass is 32.2. The Morgan fingerprint density at radius 3 is 2.67 bits per heavy atom. The fourth-order valence-corrected chi connectivity index (χ4v) is 1.04. The Balaban J connectivity index is 2.40. The van der Waals surface area contributed by atoms with Crippen molar-refractivity contribution in [1.29, 1.82) is 0 Å². The molecule has 0 spiro atoms. The van der Waals surface area contributed by atoms with E-state index in [-0.39, 0.29) is 0 Å². The minimum atomic E-state index is 1.41. The van der Waals surface area contributed by atoms with Crippen molar-refractivity contribution in [2.45, 2.75) is 0 Å². The second-order valence-electron chi connectivity index (χ2n) is 0.678. The second kappa shape index (κ2) is 2.31. The smallest absolute Gasteiger partial charge is 0.142 e. The summed E-state index contributed by atoms with van der Waals surface area (Å²) in [5, 5.41) is 3.86. The van der Waals surface area contributed by atoms with Gasteiger partial charge in [-0.3, -0.25) is 0 Å². The average molecular weight is 116 g/mol. The fraction of sp³-hybridized carbons (Fsp3) is 0. The maximum atomic E-state index is 3.72. The van der Waals surface area contributed by atoms with E-state index >= 15 is 0 Å². The van der Waals surface area contributed by atoms with Crippen molar-refractivity contribution in [2.75, 3.05) is 0 Å². The van der Waals surface area contributed by atoms with Gasteiger partial charge in [0, 0.05) is 17.4 Å². The standard InChI is InChI=1S/C3H2NS2/c1-2-6-4-3-5-1/h1-2H. The summed E-state index contributed by atoms with van der Waals surface area (Å²) in [4.78, 5) is 0. The van der Waals surface area contributed by atoms with E-state index in [1.807, 2.05) is 10.8 Å². The van der Waals surface area contributed by atoms with E-state index in [0.717, 1.165) is 0 Å². The van der Waals surface area contributed by atoms with Gasteiger partial charge < -0.3 is 0 Å². The maximum absolute atomic E-state index is 3.72. The van der Waals surface area contributed by atoms with Crippen LogP contribution in [-0.2, 0) is 0 Å². The molecule has 0 amide bonds. The molecule has 31 valence electrons. The van der Waals surface area contributed by atoms with Crippen molar-refractivity contribution in [1.82, 2.24) is 0 Å². The highest BCUT2D eigenvalue weighted by Crippen LogP contribution is 2.13. The third-order valence-electron chi connectivity index (χ3n) is 0.327. The Morgan fingerprint density at radius 1 is 1.50 bits per heavy atom. The summed E-state index contributed by atoms with van der Waals surface area (Å²) in [7, 11) is 0. The lowest BCUT2D eigenvalue weighted by Gasteiger charge is -1.84. The van der Waals surface area contributed by atoms with Crippen LogP contribution in [0.3, 0.4) is 0 Å². The molecule has 1 nitrogen and oxygen atoms in total. The molecule has 0 aromatic rings. The molecule has 1 rings (SSSR count). The molecule has 1 heterocycles. The van der Waals surface area contributed by atoms with E-state index in [0.29, 0.717) is 0 Å². The topological polar surface area (TPSA) is 12.4 Å². The van der Waals surface area contributed by atoms with Crippen molar-refractivity contribution >= 4 is 29.3 Å². The first-order valence-electron chi connectivity index (χ1n) is 1.42. The number of nitrogens with zero attached hydrogens (tertiary/aromatic N) is 1. The summed E-state index contributed by atoms with van der Waals surface area (Å²) in [6.07, 6.45) is 0. The molecular formula is C3H2NS2. The number of rotatable bonds is 0. The zero-order chi connectivity index (χ0) is 4.24. The van der Waals surface area contributed by atoms with Gasteiger partial charge in [-0.05, 0) is 5.41 Å². The third-order valence-corrected chi connectivity index (χ3v) is 1.54. The normalized spacial score (nSPS) is 18.7. The zero-order valence-electron chi connectivity index (χ0n) is 2.92. The Morgan fingerprint density at radius 2 is 2.50 bits per heavy atom. The lowest BCUT2D eigenvalue weighted by Crippen LogP contribution is -1.58. The molecule has 6 heavy (non-hydrogen) atoms. The Kier molecular flexibility index (Phi) is 1.65. The molecule has 0 N–H and O–H groups in total. The number of thioether (sulfide) groups is 1. The molecule has 0 aromatic carbocycles. The molecule has 0 fully saturated rings. The van der Waals surface area contributed by atoms with E-state index in [4.69, 9.17) is 0 Å². The van der Waals surface area contributed by atoms with Crippen LogP contribution in [0.2, 0.25) is 0 Å². The third kappa shape index (κ3) is 1.06. The van der Waals surface area contributed by atoms with Crippen LogP contribution in [-0.4, -0.2) is 5.55 Å². The van der Waals surface area contributed by atoms with Crippen LogP contribution in [0.1, 0.15) is 0 Å². The van der Waals surface area contributed by atoms with Crippen LogP contribution in [0, 0.1) is 0 Å². The van der Waals surface area contributed by atoms with Crippen LogP contribution in [0.25, 0.3) is 0 Å². The van der Waals surface area contributed by atoms with Gasteiger partial charge in [0.05, 0.1) is 0 Å². The monoisotopic (exact) mass is 116 g/mol. The maximum Gasteiger partial charge on any atom is 0.142 e. The van der Waals surface area contributed by atoms with Gasteiger partial charge >= 0.3 is 0 Å². The molecule has 0 aliphatic carbocycles. The van der Waals surface area contributed by atoms with Gasteiger partial charge in [0.2, 0.25) is 0 Å². The van der Waals surface area contributed by atoms with Crippen LogP contribution in [0.5, 0.6) is 0 Å². The van der Waals surface area contributed by atoms with Crippen LogP contribution in [0.15, 0.2) is 15.2 Å². The summed E-state index contributed by atoms with van der Waals surface area (Å²) < 4.78 is 3.72. The summed E-state index contributed by atoms with van der Waals surface area (Å²) in [6.45, 7) is 0. The number of hydrogen-bond donors (Lipinski definition) is 0. The van der Waals surface area contributed by atoms with E-state index in [1.54, 1.807) is 0 Å². The molecule has 1 radical (unpaired) electrons. The van der Waals surface area contributed by atoms with E-state index in [9.17, 15) is 0 Å². The SMILES string of the molecule is [C]1=NSC=CS1. The molecule has 0 aromatic heterocycles. The molecular weight excluding hydrogens is 114 g/mol. The summed E-state index contributed by atoms with van der Waals surface area (Å²) in [5.41, 5.74) is 2.70. The summed E-state index contributed by atoms with van der Waals surface area (Å²) in [6, 6.07) is 0. The van der Waals surface area contributed by atoms with Crippen LogP contribution >= 0.6 is 23.7 Å². The lowest BCUT2D eigenvalue weighted by atomic mass is 11.3. The van der Waals surface area contributed by atoms with Crippen molar-refractivity contribution in [2.24, 2.45) is 4.40 Å². The molecule has 0 saturated heterocycles. The molecule has 0 bridgehead atoms. The summed E-state index contributed by atoms with van der Waals surface area (Å²) >= 11 is 2.88.